The predicted octanol–water partition coefficient (Wildman–Crippen LogP) is 5.26. The predicted molar refractivity (Wildman–Crippen MR) is 108 cm³/mol. The molecule has 4 nitrogen and oxygen atoms in total. The molecule has 1 amide bonds. The van der Waals surface area contributed by atoms with Crippen LogP contribution in [0.2, 0.25) is 0 Å². The zero-order valence-corrected chi connectivity index (χ0v) is 15.7. The van der Waals surface area contributed by atoms with Crippen LogP contribution in [0.3, 0.4) is 0 Å². The van der Waals surface area contributed by atoms with E-state index in [1.807, 2.05) is 61.0 Å². The summed E-state index contributed by atoms with van der Waals surface area (Å²) >= 11 is 1.46. The molecule has 0 aliphatic rings. The Balaban J connectivity index is 1.69. The first-order chi connectivity index (χ1) is 12.5. The summed E-state index contributed by atoms with van der Waals surface area (Å²) in [4.78, 5) is 14.3. The lowest BCUT2D eigenvalue weighted by atomic mass is 10.2. The summed E-state index contributed by atoms with van der Waals surface area (Å²) in [5.41, 5.74) is 5.10. The van der Waals surface area contributed by atoms with E-state index < -0.39 is 0 Å². The van der Waals surface area contributed by atoms with Gasteiger partial charge in [-0.2, -0.15) is 5.10 Å². The third-order valence-electron chi connectivity index (χ3n) is 4.36. The number of amides is 1. The number of fused-ring (bicyclic) bond motifs is 1. The number of carbonyl (C=O) groups excluding carboxylic acids is 1. The third kappa shape index (κ3) is 3.02. The Labute approximate surface area is 156 Å². The molecule has 0 fully saturated rings. The van der Waals surface area contributed by atoms with Gasteiger partial charge in [0.15, 0.2) is 0 Å². The van der Waals surface area contributed by atoms with E-state index in [1.165, 1.54) is 22.5 Å². The molecule has 0 spiro atoms. The number of anilines is 1. The molecule has 0 atom stereocenters. The summed E-state index contributed by atoms with van der Waals surface area (Å²) in [6.45, 7) is 6.06. The van der Waals surface area contributed by atoms with Crippen LogP contribution in [0.25, 0.3) is 15.9 Å². The Morgan fingerprint density at radius 3 is 2.23 bits per heavy atom. The van der Waals surface area contributed by atoms with Gasteiger partial charge >= 0.3 is 0 Å². The quantitative estimate of drug-likeness (QED) is 0.541. The van der Waals surface area contributed by atoms with E-state index in [1.54, 1.807) is 0 Å². The molecule has 5 heteroatoms. The Kier molecular flexibility index (Phi) is 4.09. The fourth-order valence-corrected chi connectivity index (χ4v) is 3.93. The number of aryl methyl sites for hydroxylation is 3. The van der Waals surface area contributed by atoms with E-state index in [0.717, 1.165) is 27.3 Å². The summed E-state index contributed by atoms with van der Waals surface area (Å²) in [5, 5.41) is 8.62. The molecule has 2 aromatic heterocycles. The van der Waals surface area contributed by atoms with Gasteiger partial charge in [0.1, 0.15) is 4.83 Å². The minimum Gasteiger partial charge on any atom is -0.321 e. The largest absolute Gasteiger partial charge is 0.321 e. The number of thiophene rings is 1. The van der Waals surface area contributed by atoms with Crippen molar-refractivity contribution in [1.29, 1.82) is 0 Å². The van der Waals surface area contributed by atoms with Crippen molar-refractivity contribution in [2.24, 2.45) is 0 Å². The fraction of sp³-hybridized carbons (Fsp3) is 0.143. The summed E-state index contributed by atoms with van der Waals surface area (Å²) in [7, 11) is 0. The molecule has 2 heterocycles. The van der Waals surface area contributed by atoms with Gasteiger partial charge in [0.05, 0.1) is 16.3 Å². The van der Waals surface area contributed by atoms with Crippen molar-refractivity contribution in [2.75, 3.05) is 5.32 Å². The highest BCUT2D eigenvalue weighted by Crippen LogP contribution is 2.31. The van der Waals surface area contributed by atoms with E-state index in [0.29, 0.717) is 4.88 Å². The molecule has 0 aliphatic heterocycles. The lowest BCUT2D eigenvalue weighted by Crippen LogP contribution is -2.10. The van der Waals surface area contributed by atoms with Crippen LogP contribution in [-0.2, 0) is 0 Å². The highest BCUT2D eigenvalue weighted by molar-refractivity contribution is 7.20. The zero-order chi connectivity index (χ0) is 18.3. The van der Waals surface area contributed by atoms with Crippen molar-refractivity contribution in [1.82, 2.24) is 9.78 Å². The van der Waals surface area contributed by atoms with Gasteiger partial charge in [-0.15, -0.1) is 11.3 Å². The number of hydrogen-bond donors (Lipinski definition) is 1. The average Bonchev–Trinajstić information content (AvgIpc) is 3.19. The van der Waals surface area contributed by atoms with Gasteiger partial charge in [-0.3, -0.25) is 4.79 Å². The van der Waals surface area contributed by atoms with Crippen molar-refractivity contribution in [3.05, 3.63) is 76.3 Å². The molecule has 0 saturated heterocycles. The van der Waals surface area contributed by atoms with Crippen molar-refractivity contribution >= 4 is 33.1 Å². The molecule has 4 rings (SSSR count). The minimum atomic E-state index is -0.0927. The normalized spacial score (nSPS) is 11.0. The first-order valence-corrected chi connectivity index (χ1v) is 9.27. The molecule has 4 aromatic rings. The highest BCUT2D eigenvalue weighted by atomic mass is 32.1. The third-order valence-corrected chi connectivity index (χ3v) is 5.47. The maximum Gasteiger partial charge on any atom is 0.265 e. The summed E-state index contributed by atoms with van der Waals surface area (Å²) in [5.74, 6) is -0.0927. The Morgan fingerprint density at radius 2 is 1.58 bits per heavy atom. The zero-order valence-electron chi connectivity index (χ0n) is 14.9. The number of carbonyl (C=O) groups is 1. The molecule has 0 unspecified atom stereocenters. The maximum atomic E-state index is 12.6. The fourth-order valence-electron chi connectivity index (χ4n) is 2.85. The van der Waals surface area contributed by atoms with Crippen molar-refractivity contribution in [3.8, 4) is 5.69 Å². The van der Waals surface area contributed by atoms with Crippen LogP contribution in [0.15, 0.2) is 54.6 Å². The number of aromatic nitrogens is 2. The number of nitrogens with one attached hydrogen (secondary N) is 1. The van der Waals surface area contributed by atoms with Crippen LogP contribution in [0.1, 0.15) is 26.5 Å². The van der Waals surface area contributed by atoms with Crippen LogP contribution in [-0.4, -0.2) is 15.7 Å². The molecule has 0 aliphatic carbocycles. The number of benzene rings is 2. The molecule has 0 bridgehead atoms. The Morgan fingerprint density at radius 1 is 0.962 bits per heavy atom. The van der Waals surface area contributed by atoms with Crippen LogP contribution in [0.5, 0.6) is 0 Å². The molecule has 0 radical (unpaired) electrons. The van der Waals surface area contributed by atoms with Crippen molar-refractivity contribution in [3.63, 3.8) is 0 Å². The Hall–Kier alpha value is -2.92. The van der Waals surface area contributed by atoms with Gasteiger partial charge in [0.2, 0.25) is 0 Å². The van der Waals surface area contributed by atoms with Crippen LogP contribution >= 0.6 is 11.3 Å². The molecule has 1 N–H and O–H groups in total. The smallest absolute Gasteiger partial charge is 0.265 e. The second-order valence-corrected chi connectivity index (χ2v) is 7.51. The van der Waals surface area contributed by atoms with Crippen molar-refractivity contribution < 1.29 is 4.79 Å². The highest BCUT2D eigenvalue weighted by Gasteiger charge is 2.17. The van der Waals surface area contributed by atoms with Gasteiger partial charge in [-0.1, -0.05) is 35.4 Å². The van der Waals surface area contributed by atoms with E-state index in [4.69, 9.17) is 0 Å². The molecule has 2 aromatic carbocycles. The monoisotopic (exact) mass is 361 g/mol. The summed E-state index contributed by atoms with van der Waals surface area (Å²) in [6, 6.07) is 18.0. The van der Waals surface area contributed by atoms with Crippen LogP contribution < -0.4 is 5.32 Å². The van der Waals surface area contributed by atoms with E-state index >= 15 is 0 Å². The van der Waals surface area contributed by atoms with Gasteiger partial charge < -0.3 is 5.32 Å². The second kappa shape index (κ2) is 6.42. The maximum absolute atomic E-state index is 12.6. The van der Waals surface area contributed by atoms with Crippen LogP contribution in [0.4, 0.5) is 5.69 Å². The molecule has 0 saturated carbocycles. The number of nitrogens with zero attached hydrogens (tertiary/aromatic N) is 2. The van der Waals surface area contributed by atoms with Gasteiger partial charge in [0, 0.05) is 11.1 Å². The molecule has 130 valence electrons. The van der Waals surface area contributed by atoms with Crippen LogP contribution in [0, 0.1) is 20.8 Å². The molecular formula is C21H19N3OS. The van der Waals surface area contributed by atoms with Gasteiger partial charge in [-0.25, -0.2) is 4.68 Å². The minimum absolute atomic E-state index is 0.0927. The Bertz CT molecular complexity index is 1090. The van der Waals surface area contributed by atoms with E-state index in [-0.39, 0.29) is 5.91 Å². The van der Waals surface area contributed by atoms with E-state index in [2.05, 4.69) is 29.5 Å². The summed E-state index contributed by atoms with van der Waals surface area (Å²) < 4.78 is 1.91. The van der Waals surface area contributed by atoms with Gasteiger partial charge in [-0.05, 0) is 51.1 Å². The standard InChI is InChI=1S/C21H19N3OS/c1-13-4-8-16(9-5-13)22-20(25)19-12-18-15(3)23-24(21(18)26-19)17-10-6-14(2)7-11-17/h4-12H,1-3H3,(H,22,25). The molecular weight excluding hydrogens is 342 g/mol. The van der Waals surface area contributed by atoms with E-state index in [9.17, 15) is 4.79 Å². The number of rotatable bonds is 3. The first kappa shape index (κ1) is 16.5. The van der Waals surface area contributed by atoms with Crippen molar-refractivity contribution in [2.45, 2.75) is 20.8 Å². The molecule has 26 heavy (non-hydrogen) atoms. The second-order valence-electron chi connectivity index (χ2n) is 6.48. The number of hydrogen-bond acceptors (Lipinski definition) is 3. The lowest BCUT2D eigenvalue weighted by Gasteiger charge is -2.04. The van der Waals surface area contributed by atoms with Gasteiger partial charge in [0.25, 0.3) is 5.91 Å². The SMILES string of the molecule is Cc1ccc(NC(=O)c2cc3c(C)nn(-c4ccc(C)cc4)c3s2)cc1. The summed E-state index contributed by atoms with van der Waals surface area (Å²) in [6.07, 6.45) is 0. The first-order valence-electron chi connectivity index (χ1n) is 8.45. The topological polar surface area (TPSA) is 46.9 Å². The average molecular weight is 361 g/mol. The lowest BCUT2D eigenvalue weighted by molar-refractivity contribution is 0.103.